The van der Waals surface area contributed by atoms with E-state index in [-0.39, 0.29) is 24.7 Å². The summed E-state index contributed by atoms with van der Waals surface area (Å²) in [7, 11) is -3.57. The third-order valence-electron chi connectivity index (χ3n) is 7.98. The molecule has 2 aliphatic heterocycles. The Hall–Kier alpha value is -4.13. The number of hydrogen-bond acceptors (Lipinski definition) is 8. The van der Waals surface area contributed by atoms with Gasteiger partial charge in [0.1, 0.15) is 11.6 Å². The van der Waals surface area contributed by atoms with Crippen molar-refractivity contribution in [3.8, 4) is 0 Å². The van der Waals surface area contributed by atoms with Crippen molar-refractivity contribution >= 4 is 49.9 Å². The molecule has 0 atom stereocenters. The molecule has 4 aromatic rings. The highest BCUT2D eigenvalue weighted by Crippen LogP contribution is 2.40. The Morgan fingerprint density at radius 3 is 2.50 bits per heavy atom. The number of piperazine rings is 1. The van der Waals surface area contributed by atoms with Gasteiger partial charge < -0.3 is 14.5 Å². The number of halogens is 2. The van der Waals surface area contributed by atoms with Crippen molar-refractivity contribution in [2.24, 2.45) is 0 Å². The first-order chi connectivity index (χ1) is 21.3. The van der Waals surface area contributed by atoms with Crippen molar-refractivity contribution in [1.82, 2.24) is 14.3 Å². The topological polar surface area (TPSA) is 82.1 Å². The van der Waals surface area contributed by atoms with Crippen LogP contribution < -0.4 is 14.9 Å². The monoisotopic (exact) mass is 620 g/mol. The van der Waals surface area contributed by atoms with E-state index in [1.54, 1.807) is 30.5 Å². The molecule has 12 heteroatoms. The SMILES string of the molecule is Cc1c(N2CCN(S(=O)(=O)CC=Cc3cccc(F)c3)CC2)nc2ccccc2c1N(F)c1cncc(N2CCOCC2)c1. The van der Waals surface area contributed by atoms with Crippen molar-refractivity contribution in [2.45, 2.75) is 6.92 Å². The van der Waals surface area contributed by atoms with Crippen molar-refractivity contribution in [3.63, 3.8) is 0 Å². The quantitative estimate of drug-likeness (QED) is 0.252. The molecule has 6 rings (SSSR count). The van der Waals surface area contributed by atoms with Crippen LogP contribution in [-0.2, 0) is 14.8 Å². The molecule has 0 saturated carbocycles. The number of aromatic nitrogens is 2. The first kappa shape index (κ1) is 29.9. The van der Waals surface area contributed by atoms with Crippen LogP contribution in [0.3, 0.4) is 0 Å². The number of fused-ring (bicyclic) bond motifs is 1. The first-order valence-electron chi connectivity index (χ1n) is 14.6. The second-order valence-electron chi connectivity index (χ2n) is 10.8. The predicted octanol–water partition coefficient (Wildman–Crippen LogP) is 5.10. The summed E-state index contributed by atoms with van der Waals surface area (Å²) >= 11 is 0. The molecule has 0 spiro atoms. The highest BCUT2D eigenvalue weighted by molar-refractivity contribution is 7.89. The predicted molar refractivity (Wildman–Crippen MR) is 170 cm³/mol. The van der Waals surface area contributed by atoms with Gasteiger partial charge in [0.05, 0.1) is 53.9 Å². The van der Waals surface area contributed by atoms with Gasteiger partial charge in [0.25, 0.3) is 0 Å². The summed E-state index contributed by atoms with van der Waals surface area (Å²) < 4.78 is 62.9. The number of benzene rings is 2. The summed E-state index contributed by atoms with van der Waals surface area (Å²) in [6, 6.07) is 15.2. The molecule has 2 saturated heterocycles. The molecule has 0 N–H and O–H groups in total. The molecule has 0 unspecified atom stereocenters. The second kappa shape index (κ2) is 12.8. The van der Waals surface area contributed by atoms with Crippen LogP contribution in [0.5, 0.6) is 0 Å². The lowest BCUT2D eigenvalue weighted by Gasteiger charge is -2.36. The Balaban J connectivity index is 1.22. The number of pyridine rings is 2. The highest BCUT2D eigenvalue weighted by atomic mass is 32.2. The maximum absolute atomic E-state index is 16.4. The van der Waals surface area contributed by atoms with Crippen molar-refractivity contribution < 1.29 is 22.0 Å². The molecule has 2 aromatic heterocycles. The minimum atomic E-state index is -3.57. The Morgan fingerprint density at radius 1 is 0.955 bits per heavy atom. The number of ether oxygens (including phenoxy) is 1. The number of sulfonamides is 1. The van der Waals surface area contributed by atoms with E-state index in [0.29, 0.717) is 83.7 Å². The number of rotatable bonds is 8. The molecule has 230 valence electrons. The van der Waals surface area contributed by atoms with Gasteiger partial charge in [-0.05, 0) is 36.8 Å². The third kappa shape index (κ3) is 6.37. The van der Waals surface area contributed by atoms with Gasteiger partial charge in [-0.2, -0.15) is 9.43 Å². The van der Waals surface area contributed by atoms with E-state index in [1.165, 1.54) is 28.7 Å². The van der Waals surface area contributed by atoms with Gasteiger partial charge in [0, 0.05) is 50.2 Å². The summed E-state index contributed by atoms with van der Waals surface area (Å²) in [4.78, 5) is 13.4. The normalized spacial score (nSPS) is 16.6. The molecule has 2 fully saturated rings. The summed E-state index contributed by atoms with van der Waals surface area (Å²) in [6.07, 6.45) is 6.38. The number of hydrogen-bond donors (Lipinski definition) is 0. The van der Waals surface area contributed by atoms with E-state index in [0.717, 1.165) is 5.69 Å². The lowest BCUT2D eigenvalue weighted by atomic mass is 10.1. The van der Waals surface area contributed by atoms with Gasteiger partial charge in [-0.1, -0.05) is 47.0 Å². The first-order valence-corrected chi connectivity index (χ1v) is 16.2. The third-order valence-corrected chi connectivity index (χ3v) is 9.75. The van der Waals surface area contributed by atoms with Gasteiger partial charge in [0.15, 0.2) is 0 Å². The molecule has 0 bridgehead atoms. The van der Waals surface area contributed by atoms with E-state index >= 15 is 4.48 Å². The number of anilines is 4. The van der Waals surface area contributed by atoms with Crippen molar-refractivity contribution in [2.75, 3.05) is 73.2 Å². The van der Waals surface area contributed by atoms with Gasteiger partial charge in [-0.15, -0.1) is 0 Å². The van der Waals surface area contributed by atoms with E-state index in [2.05, 4.69) is 9.88 Å². The minimum Gasteiger partial charge on any atom is -0.378 e. The van der Waals surface area contributed by atoms with Crippen molar-refractivity contribution in [1.29, 1.82) is 0 Å². The Kier molecular flexibility index (Phi) is 8.74. The zero-order chi connectivity index (χ0) is 30.7. The zero-order valence-electron chi connectivity index (χ0n) is 24.4. The maximum atomic E-state index is 16.4. The number of para-hydroxylation sites is 1. The van der Waals surface area contributed by atoms with E-state index in [1.807, 2.05) is 36.1 Å². The fraction of sp³-hybridized carbons (Fsp3) is 0.312. The van der Waals surface area contributed by atoms with E-state index < -0.39 is 10.0 Å². The summed E-state index contributed by atoms with van der Waals surface area (Å²) in [5.41, 5.74) is 3.40. The van der Waals surface area contributed by atoms with Gasteiger partial charge in [0.2, 0.25) is 10.0 Å². The Morgan fingerprint density at radius 2 is 1.73 bits per heavy atom. The lowest BCUT2D eigenvalue weighted by molar-refractivity contribution is 0.122. The number of morpholine rings is 1. The van der Waals surface area contributed by atoms with Crippen LogP contribution in [0.1, 0.15) is 11.1 Å². The van der Waals surface area contributed by atoms with Crippen LogP contribution in [0.4, 0.5) is 31.8 Å². The van der Waals surface area contributed by atoms with Crippen LogP contribution in [0.25, 0.3) is 17.0 Å². The summed E-state index contributed by atoms with van der Waals surface area (Å²) in [5.74, 6) is 0.0533. The Labute approximate surface area is 256 Å². The molecule has 2 aliphatic rings. The van der Waals surface area contributed by atoms with Crippen LogP contribution in [-0.4, -0.2) is 80.9 Å². The largest absolute Gasteiger partial charge is 0.378 e. The lowest BCUT2D eigenvalue weighted by Crippen LogP contribution is -2.49. The van der Waals surface area contributed by atoms with Crippen LogP contribution in [0, 0.1) is 12.7 Å². The molecule has 2 aromatic carbocycles. The van der Waals surface area contributed by atoms with Gasteiger partial charge in [-0.25, -0.2) is 17.8 Å². The molecular weight excluding hydrogens is 586 g/mol. The number of nitrogens with zero attached hydrogens (tertiary/aromatic N) is 6. The molecule has 0 aliphatic carbocycles. The molecular formula is C32H34F2N6O3S. The fourth-order valence-corrected chi connectivity index (χ4v) is 6.95. The van der Waals surface area contributed by atoms with Gasteiger partial charge >= 0.3 is 0 Å². The molecule has 44 heavy (non-hydrogen) atoms. The van der Waals surface area contributed by atoms with Crippen LogP contribution in [0.15, 0.2) is 73.1 Å². The maximum Gasteiger partial charge on any atom is 0.217 e. The molecule has 0 radical (unpaired) electrons. The second-order valence-corrected chi connectivity index (χ2v) is 12.8. The van der Waals surface area contributed by atoms with Crippen molar-refractivity contribution in [3.05, 3.63) is 90.0 Å². The standard InChI is InChI=1S/C32H34F2N6O3S/c1-24-31(40(34)28-21-27(22-35-23-28)37-15-17-43-18-16-37)29-9-2-3-10-30(29)36-32(24)38-11-13-39(14-12-38)44(41,42)19-5-7-25-6-4-8-26(33)20-25/h2-10,20-23H,11-19H2,1H3. The van der Waals surface area contributed by atoms with Gasteiger partial charge in [-0.3, -0.25) is 4.98 Å². The minimum absolute atomic E-state index is 0.185. The van der Waals surface area contributed by atoms with Crippen LogP contribution >= 0.6 is 0 Å². The molecule has 9 nitrogen and oxygen atoms in total. The zero-order valence-corrected chi connectivity index (χ0v) is 25.3. The average molecular weight is 621 g/mol. The average Bonchev–Trinajstić information content (AvgIpc) is 3.05. The molecule has 0 amide bonds. The molecule has 4 heterocycles. The smallest absolute Gasteiger partial charge is 0.217 e. The summed E-state index contributed by atoms with van der Waals surface area (Å²) in [5, 5.41) is 1.34. The Bertz CT molecular complexity index is 1770. The fourth-order valence-electron chi connectivity index (χ4n) is 5.68. The van der Waals surface area contributed by atoms with E-state index in [4.69, 9.17) is 9.72 Å². The van der Waals surface area contributed by atoms with E-state index in [9.17, 15) is 12.8 Å². The highest BCUT2D eigenvalue weighted by Gasteiger charge is 2.29. The van der Waals surface area contributed by atoms with Crippen LogP contribution in [0.2, 0.25) is 0 Å². The summed E-state index contributed by atoms with van der Waals surface area (Å²) in [6.45, 7) is 5.83.